The number of β-amino-alcohol motifs (C(OH)–C–C–N with tert-alkyl or cyclic N) is 1. The first-order valence-electron chi connectivity index (χ1n) is 14.0. The predicted octanol–water partition coefficient (Wildman–Crippen LogP) is 3.15. The van der Waals surface area contributed by atoms with Crippen LogP contribution >= 0.6 is 0 Å². The van der Waals surface area contributed by atoms with Crippen molar-refractivity contribution in [3.63, 3.8) is 0 Å². The Hall–Kier alpha value is -4.28. The van der Waals surface area contributed by atoms with Gasteiger partial charge in [-0.3, -0.25) is 9.79 Å². The molecule has 1 amide bonds. The lowest BCUT2D eigenvalue weighted by Crippen LogP contribution is -2.45. The molecule has 5 rings (SSSR count). The summed E-state index contributed by atoms with van der Waals surface area (Å²) in [4.78, 5) is 29.2. The molecule has 3 aromatic rings. The molecule has 10 nitrogen and oxygen atoms in total. The molecule has 2 heterocycles. The van der Waals surface area contributed by atoms with Crippen molar-refractivity contribution in [2.45, 2.75) is 31.7 Å². The van der Waals surface area contributed by atoms with E-state index in [-0.39, 0.29) is 18.6 Å². The zero-order valence-electron chi connectivity index (χ0n) is 23.6. The summed E-state index contributed by atoms with van der Waals surface area (Å²) >= 11 is 0. The lowest BCUT2D eigenvalue weighted by molar-refractivity contribution is 0.0903. The Kier molecular flexibility index (Phi) is 8.91. The van der Waals surface area contributed by atoms with E-state index in [1.807, 2.05) is 36.5 Å². The number of hydrogen-bond acceptors (Lipinski definition) is 9. The van der Waals surface area contributed by atoms with Crippen molar-refractivity contribution in [3.8, 4) is 5.75 Å². The summed E-state index contributed by atoms with van der Waals surface area (Å²) in [7, 11) is 3.33. The first-order chi connectivity index (χ1) is 20.0. The van der Waals surface area contributed by atoms with Gasteiger partial charge in [0.15, 0.2) is 0 Å². The molecule has 41 heavy (non-hydrogen) atoms. The van der Waals surface area contributed by atoms with Gasteiger partial charge < -0.3 is 31.1 Å². The number of fused-ring (bicyclic) bond motifs is 1. The van der Waals surface area contributed by atoms with Crippen molar-refractivity contribution < 1.29 is 14.6 Å². The number of allylic oxidation sites excluding steroid dienone is 2. The van der Waals surface area contributed by atoms with Crippen molar-refractivity contribution in [3.05, 3.63) is 82.8 Å². The number of likely N-dealkylation sites (tertiary alicyclic amines) is 1. The normalized spacial score (nSPS) is 16.3. The molecular weight excluding hydrogens is 518 g/mol. The average Bonchev–Trinajstić information content (AvgIpc) is 3.00. The van der Waals surface area contributed by atoms with Crippen LogP contribution in [0.1, 0.15) is 46.4 Å². The number of carbonyl (C=O) groups excluding carboxylic acids is 1. The first-order valence-corrected chi connectivity index (χ1v) is 14.0. The van der Waals surface area contributed by atoms with Crippen LogP contribution in [0.25, 0.3) is 5.57 Å². The Labute approximate surface area is 240 Å². The molecule has 1 aliphatic heterocycles. The Morgan fingerprint density at radius 1 is 1.15 bits per heavy atom. The van der Waals surface area contributed by atoms with Crippen LogP contribution in [0.15, 0.2) is 65.4 Å². The molecule has 2 aromatic carbocycles. The van der Waals surface area contributed by atoms with Crippen molar-refractivity contribution >= 4 is 28.8 Å². The largest absolute Gasteiger partial charge is 0.495 e. The Morgan fingerprint density at radius 3 is 2.63 bits per heavy atom. The van der Waals surface area contributed by atoms with Crippen LogP contribution in [0.5, 0.6) is 5.75 Å². The van der Waals surface area contributed by atoms with Crippen molar-refractivity contribution in [2.75, 3.05) is 45.7 Å². The van der Waals surface area contributed by atoms with Gasteiger partial charge in [-0.2, -0.15) is 0 Å². The standard InChI is InChI=1S/C31H37N7O3/c1-33-28(20-6-4-3-5-7-20)27-24(32)10-8-22-19-34-31(37-29(22)27)36-25-11-9-21(18-26(25)41-2)30(40)35-23-12-14-38(15-13-23)16-17-39/h3-7,9,11,18-19,23,39H,8,10,12-17,32H2,1-2H3,(H,35,40)(H,34,36,37). The SMILES string of the molecule is CN=C(C1=C(N)CCc2cnc(Nc3ccc(C(=O)NC4CCN(CCO)CC4)cc3OC)nc21)c1ccccc1. The smallest absolute Gasteiger partial charge is 0.251 e. The second-order valence-electron chi connectivity index (χ2n) is 10.3. The third-order valence-electron chi connectivity index (χ3n) is 7.64. The Bertz CT molecular complexity index is 1450. The number of aryl methyl sites for hydroxylation is 1. The highest BCUT2D eigenvalue weighted by atomic mass is 16.5. The average molecular weight is 556 g/mol. The molecule has 0 spiro atoms. The fourth-order valence-corrected chi connectivity index (χ4v) is 5.43. The number of aliphatic imine (C=N–C) groups is 1. The van der Waals surface area contributed by atoms with E-state index in [1.54, 1.807) is 32.4 Å². The molecule has 0 atom stereocenters. The number of ether oxygens (including phenoxy) is 1. The number of carbonyl (C=O) groups is 1. The lowest BCUT2D eigenvalue weighted by Gasteiger charge is -2.31. The monoisotopic (exact) mass is 555 g/mol. The highest BCUT2D eigenvalue weighted by Crippen LogP contribution is 2.33. The van der Waals surface area contributed by atoms with E-state index in [1.165, 1.54) is 0 Å². The van der Waals surface area contributed by atoms with Gasteiger partial charge in [-0.15, -0.1) is 0 Å². The maximum Gasteiger partial charge on any atom is 0.251 e. The van der Waals surface area contributed by atoms with Gasteiger partial charge in [0, 0.05) is 61.3 Å². The highest BCUT2D eigenvalue weighted by Gasteiger charge is 2.25. The minimum absolute atomic E-state index is 0.104. The van der Waals surface area contributed by atoms with Gasteiger partial charge in [0.25, 0.3) is 5.91 Å². The number of benzene rings is 2. The minimum Gasteiger partial charge on any atom is -0.495 e. The summed E-state index contributed by atoms with van der Waals surface area (Å²) in [5, 5.41) is 15.5. The summed E-state index contributed by atoms with van der Waals surface area (Å²) in [5.74, 6) is 0.759. The highest BCUT2D eigenvalue weighted by molar-refractivity contribution is 6.32. The lowest BCUT2D eigenvalue weighted by atomic mass is 9.88. The number of anilines is 2. The number of hydrogen-bond donors (Lipinski definition) is 4. The van der Waals surface area contributed by atoms with Crippen LogP contribution in [0, 0.1) is 0 Å². The van der Waals surface area contributed by atoms with Gasteiger partial charge >= 0.3 is 0 Å². The Morgan fingerprint density at radius 2 is 1.93 bits per heavy atom. The van der Waals surface area contributed by atoms with Crippen LogP contribution in [0.4, 0.5) is 11.6 Å². The number of methoxy groups -OCH3 is 1. The minimum atomic E-state index is -0.141. The second-order valence-corrected chi connectivity index (χ2v) is 10.3. The predicted molar refractivity (Wildman–Crippen MR) is 161 cm³/mol. The molecule has 214 valence electrons. The van der Waals surface area contributed by atoms with Gasteiger partial charge in [-0.25, -0.2) is 9.97 Å². The van der Waals surface area contributed by atoms with Crippen LogP contribution in [-0.2, 0) is 6.42 Å². The van der Waals surface area contributed by atoms with Crippen LogP contribution < -0.4 is 21.1 Å². The number of nitrogens with one attached hydrogen (secondary N) is 2. The van der Waals surface area contributed by atoms with E-state index >= 15 is 0 Å². The van der Waals surface area contributed by atoms with Crippen LogP contribution in [0.3, 0.4) is 0 Å². The maximum absolute atomic E-state index is 13.0. The molecule has 1 saturated heterocycles. The molecule has 0 bridgehead atoms. The fraction of sp³-hybridized carbons (Fsp3) is 0.355. The topological polar surface area (TPSA) is 138 Å². The van der Waals surface area contributed by atoms with E-state index in [0.717, 1.165) is 66.2 Å². The summed E-state index contributed by atoms with van der Waals surface area (Å²) in [6, 6.07) is 15.3. The number of aliphatic hydroxyl groups excluding tert-OH is 1. The molecule has 1 aromatic heterocycles. The summed E-state index contributed by atoms with van der Waals surface area (Å²) in [6.45, 7) is 2.54. The van der Waals surface area contributed by atoms with E-state index in [4.69, 9.17) is 20.6 Å². The van der Waals surface area contributed by atoms with Crippen molar-refractivity contribution in [1.82, 2.24) is 20.2 Å². The number of amides is 1. The van der Waals surface area contributed by atoms with Crippen molar-refractivity contribution in [1.29, 1.82) is 0 Å². The molecule has 2 aliphatic rings. The molecule has 5 N–H and O–H groups in total. The van der Waals surface area contributed by atoms with Gasteiger partial charge in [-0.05, 0) is 49.4 Å². The van der Waals surface area contributed by atoms with E-state index in [2.05, 4.69) is 25.5 Å². The zero-order chi connectivity index (χ0) is 28.8. The number of aromatic nitrogens is 2. The number of nitrogens with zero attached hydrogens (tertiary/aromatic N) is 4. The van der Waals surface area contributed by atoms with E-state index in [9.17, 15) is 4.79 Å². The van der Waals surface area contributed by atoms with Crippen LogP contribution in [0.2, 0.25) is 0 Å². The third-order valence-corrected chi connectivity index (χ3v) is 7.64. The summed E-state index contributed by atoms with van der Waals surface area (Å²) < 4.78 is 5.63. The number of piperidine rings is 1. The molecular formula is C31H37N7O3. The molecule has 1 fully saturated rings. The molecule has 0 radical (unpaired) electrons. The number of aliphatic hydroxyl groups is 1. The van der Waals surface area contributed by atoms with Crippen LogP contribution in [-0.4, -0.2) is 78.0 Å². The maximum atomic E-state index is 13.0. The summed E-state index contributed by atoms with van der Waals surface area (Å²) in [6.07, 6.45) is 5.00. The number of nitrogens with two attached hydrogens (primary N) is 1. The zero-order valence-corrected chi connectivity index (χ0v) is 23.6. The molecule has 0 unspecified atom stereocenters. The first kappa shape index (κ1) is 28.3. The van der Waals surface area contributed by atoms with Gasteiger partial charge in [-0.1, -0.05) is 30.3 Å². The van der Waals surface area contributed by atoms with Gasteiger partial charge in [0.05, 0.1) is 30.8 Å². The van der Waals surface area contributed by atoms with Crippen molar-refractivity contribution in [2.24, 2.45) is 10.7 Å². The fourth-order valence-electron chi connectivity index (χ4n) is 5.43. The van der Waals surface area contributed by atoms with Gasteiger partial charge in [0.2, 0.25) is 5.95 Å². The summed E-state index contributed by atoms with van der Waals surface area (Å²) in [5.41, 5.74) is 12.8. The second kappa shape index (κ2) is 12.9. The number of rotatable bonds is 9. The van der Waals surface area contributed by atoms with Gasteiger partial charge in [0.1, 0.15) is 5.75 Å². The van der Waals surface area contributed by atoms with E-state index < -0.39 is 0 Å². The molecule has 0 saturated carbocycles. The quantitative estimate of drug-likeness (QED) is 0.296. The third kappa shape index (κ3) is 6.39. The molecule has 10 heteroatoms. The van der Waals surface area contributed by atoms with E-state index in [0.29, 0.717) is 35.9 Å². The molecule has 1 aliphatic carbocycles. The Balaban J connectivity index is 1.34.